The molecule has 0 aliphatic rings. The largest absolute Gasteiger partial charge is 0.455 e. The van der Waals surface area contributed by atoms with Crippen LogP contribution in [0.5, 0.6) is 0 Å². The summed E-state index contributed by atoms with van der Waals surface area (Å²) >= 11 is 0. The molecule has 4 nitrogen and oxygen atoms in total. The second-order valence-electron chi connectivity index (χ2n) is 15.9. The second kappa shape index (κ2) is 15.2. The van der Waals surface area contributed by atoms with Crippen molar-refractivity contribution in [1.82, 2.24) is 4.98 Å². The van der Waals surface area contributed by atoms with E-state index in [1.807, 2.05) is 48.5 Å². The van der Waals surface area contributed by atoms with Gasteiger partial charge in [0.25, 0.3) is 0 Å². The van der Waals surface area contributed by atoms with Crippen LogP contribution in [0.4, 0.5) is 17.1 Å². The van der Waals surface area contributed by atoms with Gasteiger partial charge in [0.15, 0.2) is 5.58 Å². The molecule has 0 aliphatic carbocycles. The molecule has 0 radical (unpaired) electrons. The van der Waals surface area contributed by atoms with E-state index < -0.39 is 0 Å². The third-order valence-electron chi connectivity index (χ3n) is 12.1. The van der Waals surface area contributed by atoms with Crippen molar-refractivity contribution in [2.24, 2.45) is 0 Å². The highest BCUT2D eigenvalue weighted by molar-refractivity contribution is 6.16. The molecule has 0 saturated carbocycles. The van der Waals surface area contributed by atoms with E-state index in [0.29, 0.717) is 11.5 Å². The Morgan fingerprint density at radius 2 is 0.968 bits per heavy atom. The molecule has 296 valence electrons. The summed E-state index contributed by atoms with van der Waals surface area (Å²) in [5, 5.41) is 4.47. The molecule has 2 aromatic heterocycles. The van der Waals surface area contributed by atoms with E-state index in [1.165, 1.54) is 21.9 Å². The Kier molecular flexibility index (Phi) is 8.79. The number of oxazole rings is 1. The number of furan rings is 1. The van der Waals surface area contributed by atoms with E-state index in [1.54, 1.807) is 0 Å². The maximum atomic E-state index is 6.67. The quantitative estimate of drug-likeness (QED) is 0.153. The van der Waals surface area contributed by atoms with E-state index >= 15 is 0 Å². The lowest BCUT2D eigenvalue weighted by Gasteiger charge is -2.27. The highest BCUT2D eigenvalue weighted by Gasteiger charge is 2.23. The molecule has 4 heteroatoms. The normalized spacial score (nSPS) is 11.5. The number of benzene rings is 10. The van der Waals surface area contributed by atoms with Crippen LogP contribution in [0.25, 0.3) is 99.8 Å². The van der Waals surface area contributed by atoms with Gasteiger partial charge in [0.05, 0.1) is 5.56 Å². The summed E-state index contributed by atoms with van der Waals surface area (Å²) in [6.07, 6.45) is 0. The van der Waals surface area contributed by atoms with E-state index in [2.05, 4.69) is 187 Å². The fraction of sp³-hybridized carbons (Fsp3) is 0. The molecule has 2 heterocycles. The Morgan fingerprint density at radius 3 is 1.76 bits per heavy atom. The first kappa shape index (κ1) is 36.4. The molecule has 63 heavy (non-hydrogen) atoms. The topological polar surface area (TPSA) is 42.4 Å². The van der Waals surface area contributed by atoms with Crippen LogP contribution in [0.2, 0.25) is 0 Å². The van der Waals surface area contributed by atoms with Gasteiger partial charge in [-0.1, -0.05) is 164 Å². The van der Waals surface area contributed by atoms with Crippen molar-refractivity contribution in [3.05, 3.63) is 231 Å². The smallest absolute Gasteiger partial charge is 0.227 e. The molecular formula is C59H38N2O2. The number of hydrogen-bond acceptors (Lipinski definition) is 4. The number of rotatable bonds is 8. The summed E-state index contributed by atoms with van der Waals surface area (Å²) in [5.41, 5.74) is 16.0. The van der Waals surface area contributed by atoms with Crippen LogP contribution in [0, 0.1) is 0 Å². The first-order chi connectivity index (χ1) is 31.2. The highest BCUT2D eigenvalue weighted by Crippen LogP contribution is 2.45. The van der Waals surface area contributed by atoms with E-state index in [-0.39, 0.29) is 0 Å². The molecule has 0 aliphatic heterocycles. The average molecular weight is 807 g/mol. The molecule has 0 N–H and O–H groups in total. The summed E-state index contributed by atoms with van der Waals surface area (Å²) in [7, 11) is 0. The maximum absolute atomic E-state index is 6.67. The lowest BCUT2D eigenvalue weighted by molar-refractivity contribution is 0.620. The first-order valence-corrected chi connectivity index (χ1v) is 21.3. The fourth-order valence-corrected chi connectivity index (χ4v) is 9.03. The Bertz CT molecular complexity index is 3610. The van der Waals surface area contributed by atoms with Crippen molar-refractivity contribution in [3.8, 4) is 56.0 Å². The first-order valence-electron chi connectivity index (χ1n) is 21.3. The van der Waals surface area contributed by atoms with Gasteiger partial charge in [-0.05, 0) is 116 Å². The van der Waals surface area contributed by atoms with Crippen LogP contribution < -0.4 is 4.90 Å². The van der Waals surface area contributed by atoms with Crippen molar-refractivity contribution in [2.75, 3.05) is 4.90 Å². The van der Waals surface area contributed by atoms with Gasteiger partial charge in [0.1, 0.15) is 16.7 Å². The molecule has 0 amide bonds. The van der Waals surface area contributed by atoms with E-state index in [4.69, 9.17) is 13.8 Å². The molecule has 0 saturated heterocycles. The van der Waals surface area contributed by atoms with Crippen molar-refractivity contribution in [1.29, 1.82) is 0 Å². The molecule has 0 unspecified atom stereocenters. The van der Waals surface area contributed by atoms with Crippen molar-refractivity contribution in [3.63, 3.8) is 0 Å². The van der Waals surface area contributed by atoms with Crippen LogP contribution in [-0.4, -0.2) is 4.98 Å². The molecule has 12 aromatic rings. The van der Waals surface area contributed by atoms with Gasteiger partial charge in [-0.15, -0.1) is 0 Å². The zero-order chi connectivity index (χ0) is 41.7. The van der Waals surface area contributed by atoms with Crippen molar-refractivity contribution >= 4 is 60.9 Å². The summed E-state index contributed by atoms with van der Waals surface area (Å²) in [6, 6.07) is 81.3. The Morgan fingerprint density at radius 1 is 0.333 bits per heavy atom. The van der Waals surface area contributed by atoms with Gasteiger partial charge in [-0.3, -0.25) is 0 Å². The maximum Gasteiger partial charge on any atom is 0.227 e. The minimum Gasteiger partial charge on any atom is -0.455 e. The molecule has 0 bridgehead atoms. The Hall–Kier alpha value is -8.47. The summed E-state index contributed by atoms with van der Waals surface area (Å²) in [4.78, 5) is 7.48. The lowest BCUT2D eigenvalue weighted by atomic mass is 9.92. The minimum atomic E-state index is 0.575. The zero-order valence-electron chi connectivity index (χ0n) is 34.2. The number of para-hydroxylation sites is 1. The van der Waals surface area contributed by atoms with Gasteiger partial charge in [0.2, 0.25) is 5.89 Å². The summed E-state index contributed by atoms with van der Waals surface area (Å²) in [5.74, 6) is 0.575. The van der Waals surface area contributed by atoms with Crippen LogP contribution in [-0.2, 0) is 0 Å². The molecule has 0 atom stereocenters. The monoisotopic (exact) mass is 806 g/mol. The number of nitrogens with zero attached hydrogens (tertiary/aromatic N) is 2. The minimum absolute atomic E-state index is 0.575. The van der Waals surface area contributed by atoms with Gasteiger partial charge >= 0.3 is 0 Å². The number of anilines is 3. The highest BCUT2D eigenvalue weighted by atomic mass is 16.4. The van der Waals surface area contributed by atoms with E-state index in [9.17, 15) is 0 Å². The standard InChI is InChI=1S/C59H38N2O2/c1-4-15-39(16-5-1)45-23-14-24-48(36-45)61(49-33-34-50(52(37-49)41-18-6-2-7-19-41)46-28-27-40-17-10-11-22-44(40)35-46)47-31-29-42(30-32-47)56-57-55(63-59(60-57)43-20-8-3-9-21-43)38-53-51-25-12-13-26-54(51)62-58(53)56/h1-38H. The molecule has 0 spiro atoms. The van der Waals surface area contributed by atoms with Gasteiger partial charge < -0.3 is 13.7 Å². The number of fused-ring (bicyclic) bond motifs is 5. The Balaban J connectivity index is 1.04. The van der Waals surface area contributed by atoms with Crippen LogP contribution in [0.15, 0.2) is 239 Å². The fourth-order valence-electron chi connectivity index (χ4n) is 9.03. The lowest BCUT2D eigenvalue weighted by Crippen LogP contribution is -2.10. The van der Waals surface area contributed by atoms with Crippen LogP contribution >= 0.6 is 0 Å². The SMILES string of the molecule is c1ccc(-c2cccc(N(c3ccc(-c4c5nc(-c6ccccc6)oc5cc5c4oc4ccccc45)cc3)c3ccc(-c4ccc5ccccc5c4)c(-c4ccccc4)c3)c2)cc1. The summed E-state index contributed by atoms with van der Waals surface area (Å²) in [6.45, 7) is 0. The molecule has 12 rings (SSSR count). The predicted molar refractivity (Wildman–Crippen MR) is 261 cm³/mol. The molecule has 0 fully saturated rings. The van der Waals surface area contributed by atoms with E-state index in [0.717, 1.165) is 83.5 Å². The molecule has 10 aromatic carbocycles. The average Bonchev–Trinajstić information content (AvgIpc) is 3.96. The summed E-state index contributed by atoms with van der Waals surface area (Å²) < 4.78 is 13.2. The van der Waals surface area contributed by atoms with Gasteiger partial charge in [0, 0.05) is 33.4 Å². The zero-order valence-corrected chi connectivity index (χ0v) is 34.2. The van der Waals surface area contributed by atoms with Crippen molar-refractivity contribution < 1.29 is 8.83 Å². The Labute approximate surface area is 364 Å². The van der Waals surface area contributed by atoms with Crippen LogP contribution in [0.1, 0.15) is 0 Å². The number of hydrogen-bond donors (Lipinski definition) is 0. The molecular weight excluding hydrogens is 769 g/mol. The van der Waals surface area contributed by atoms with Crippen LogP contribution in [0.3, 0.4) is 0 Å². The predicted octanol–water partition coefficient (Wildman–Crippen LogP) is 16.7. The second-order valence-corrected chi connectivity index (χ2v) is 15.9. The third-order valence-corrected chi connectivity index (χ3v) is 12.1. The number of aromatic nitrogens is 1. The van der Waals surface area contributed by atoms with Gasteiger partial charge in [-0.25, -0.2) is 4.98 Å². The van der Waals surface area contributed by atoms with Crippen molar-refractivity contribution in [2.45, 2.75) is 0 Å². The van der Waals surface area contributed by atoms with Gasteiger partial charge in [-0.2, -0.15) is 0 Å². The third kappa shape index (κ3) is 6.53.